The van der Waals surface area contributed by atoms with E-state index in [2.05, 4.69) is 30.3 Å². The Bertz CT molecular complexity index is 1320. The van der Waals surface area contributed by atoms with Crippen LogP contribution in [-0.2, 0) is 4.79 Å². The molecular weight excluding hydrogens is 492 g/mol. The van der Waals surface area contributed by atoms with Crippen molar-refractivity contribution in [3.05, 3.63) is 71.8 Å². The van der Waals surface area contributed by atoms with Gasteiger partial charge in [0, 0.05) is 46.5 Å². The summed E-state index contributed by atoms with van der Waals surface area (Å²) in [5.74, 6) is 0.250. The lowest BCUT2D eigenvalue weighted by atomic mass is 10.2. The third-order valence-electron chi connectivity index (χ3n) is 4.66. The van der Waals surface area contributed by atoms with E-state index in [4.69, 9.17) is 21.4 Å². The lowest BCUT2D eigenvalue weighted by Gasteiger charge is -2.08. The van der Waals surface area contributed by atoms with E-state index in [1.165, 1.54) is 11.9 Å². The Labute approximate surface area is 209 Å². The van der Waals surface area contributed by atoms with Crippen molar-refractivity contribution in [2.75, 3.05) is 29.8 Å². The van der Waals surface area contributed by atoms with Gasteiger partial charge in [0.05, 0.1) is 17.8 Å². The molecule has 0 saturated heterocycles. The molecule has 4 aromatic rings. The van der Waals surface area contributed by atoms with E-state index in [9.17, 15) is 9.59 Å². The quantitative estimate of drug-likeness (QED) is 0.203. The van der Waals surface area contributed by atoms with Gasteiger partial charge in [-0.15, -0.1) is 0 Å². The second kappa shape index (κ2) is 11.6. The molecule has 2 heterocycles. The molecule has 12 heteroatoms. The van der Waals surface area contributed by atoms with E-state index in [1.807, 2.05) is 12.1 Å². The Balaban J connectivity index is 1.37. The second-order valence-electron chi connectivity index (χ2n) is 7.19. The number of hydrogen-bond donors (Lipinski definition) is 5. The fraction of sp³-hybridized carbons (Fsp3) is 0.130. The second-order valence-corrected chi connectivity index (χ2v) is 8.48. The molecule has 35 heavy (non-hydrogen) atoms. The number of H-pyrrole nitrogens is 1. The maximum atomic E-state index is 12.8. The number of aliphatic hydroxyl groups excluding tert-OH is 1. The summed E-state index contributed by atoms with van der Waals surface area (Å²) < 4.78 is 8.56. The molecule has 0 aliphatic carbocycles. The van der Waals surface area contributed by atoms with Crippen molar-refractivity contribution in [2.24, 2.45) is 0 Å². The Morgan fingerprint density at radius 2 is 1.97 bits per heavy atom. The number of fused-ring (bicyclic) bond motifs is 1. The van der Waals surface area contributed by atoms with Crippen LogP contribution in [0.1, 0.15) is 10.5 Å². The highest BCUT2D eigenvalue weighted by atomic mass is 35.5. The third kappa shape index (κ3) is 6.63. The zero-order chi connectivity index (χ0) is 24.6. The summed E-state index contributed by atoms with van der Waals surface area (Å²) in [6, 6.07) is 12.3. The van der Waals surface area contributed by atoms with E-state index in [-0.39, 0.29) is 31.6 Å². The van der Waals surface area contributed by atoms with Gasteiger partial charge in [0.15, 0.2) is 12.4 Å². The molecule has 0 spiro atoms. The molecular formula is C23H21ClN6O4S. The molecule has 2 amide bonds. The summed E-state index contributed by atoms with van der Waals surface area (Å²) in [4.78, 5) is 36.6. The van der Waals surface area contributed by atoms with Gasteiger partial charge in [-0.3, -0.25) is 14.6 Å². The number of benzene rings is 2. The van der Waals surface area contributed by atoms with Crippen LogP contribution in [0.5, 0.6) is 5.75 Å². The molecule has 0 unspecified atom stereocenters. The summed E-state index contributed by atoms with van der Waals surface area (Å²) in [5, 5.41) is 15.1. The number of aromatic amines is 1. The number of hydrogen-bond acceptors (Lipinski definition) is 8. The van der Waals surface area contributed by atoms with Crippen molar-refractivity contribution in [2.45, 2.75) is 4.90 Å². The highest BCUT2D eigenvalue weighted by molar-refractivity contribution is 8.00. The molecule has 0 atom stereocenters. The standard InChI is InChI=1S/C23H21ClN6O4S/c24-17-9-14-10-19(29-18(14)11-20(17)34-13-22(32)27-7-8-31)23(33)28-15-1-3-16(4-2-15)35-30-21-12-25-5-6-26-21/h1-6,9-12,29,31H,7-8,13H2,(H,26,30)(H,27,32)(H,28,33). The van der Waals surface area contributed by atoms with Gasteiger partial charge in [-0.05, 0) is 48.3 Å². The molecule has 4 rings (SSSR count). The molecule has 0 fully saturated rings. The number of rotatable bonds is 10. The summed E-state index contributed by atoms with van der Waals surface area (Å²) in [6.07, 6.45) is 4.83. The first kappa shape index (κ1) is 24.3. The van der Waals surface area contributed by atoms with Crippen molar-refractivity contribution in [3.63, 3.8) is 0 Å². The fourth-order valence-electron chi connectivity index (χ4n) is 3.02. The molecule has 0 aliphatic rings. The summed E-state index contributed by atoms with van der Waals surface area (Å²) in [5.41, 5.74) is 1.61. The lowest BCUT2D eigenvalue weighted by molar-refractivity contribution is -0.123. The van der Waals surface area contributed by atoms with Crippen LogP contribution < -0.4 is 20.1 Å². The maximum Gasteiger partial charge on any atom is 0.272 e. The van der Waals surface area contributed by atoms with E-state index in [1.54, 1.807) is 48.9 Å². The van der Waals surface area contributed by atoms with Gasteiger partial charge < -0.3 is 30.2 Å². The van der Waals surface area contributed by atoms with E-state index < -0.39 is 0 Å². The monoisotopic (exact) mass is 512 g/mol. The van der Waals surface area contributed by atoms with Gasteiger partial charge in [0.1, 0.15) is 11.4 Å². The van der Waals surface area contributed by atoms with E-state index >= 15 is 0 Å². The first-order valence-electron chi connectivity index (χ1n) is 10.4. The van der Waals surface area contributed by atoms with Crippen molar-refractivity contribution >= 4 is 57.8 Å². The lowest BCUT2D eigenvalue weighted by Crippen LogP contribution is -2.31. The molecule has 10 nitrogen and oxygen atoms in total. The number of anilines is 2. The molecule has 2 aromatic carbocycles. The van der Waals surface area contributed by atoms with Gasteiger partial charge in [0.25, 0.3) is 11.8 Å². The summed E-state index contributed by atoms with van der Waals surface area (Å²) >= 11 is 7.64. The number of nitrogens with zero attached hydrogens (tertiary/aromatic N) is 2. The number of carbonyl (C=O) groups is 2. The van der Waals surface area contributed by atoms with Gasteiger partial charge >= 0.3 is 0 Å². The van der Waals surface area contributed by atoms with Crippen molar-refractivity contribution in [1.82, 2.24) is 20.3 Å². The zero-order valence-electron chi connectivity index (χ0n) is 18.2. The highest BCUT2D eigenvalue weighted by Gasteiger charge is 2.13. The Morgan fingerprint density at radius 3 is 2.71 bits per heavy atom. The third-order valence-corrected chi connectivity index (χ3v) is 5.77. The van der Waals surface area contributed by atoms with Gasteiger partial charge in [0.2, 0.25) is 0 Å². The number of aromatic nitrogens is 3. The van der Waals surface area contributed by atoms with Crippen LogP contribution in [0.2, 0.25) is 5.02 Å². The first-order valence-corrected chi connectivity index (χ1v) is 11.6. The minimum Gasteiger partial charge on any atom is -0.482 e. The van der Waals surface area contributed by atoms with Gasteiger partial charge in [-0.2, -0.15) is 0 Å². The molecule has 0 radical (unpaired) electrons. The summed E-state index contributed by atoms with van der Waals surface area (Å²) in [6.45, 7) is -0.261. The number of aliphatic hydroxyl groups is 1. The zero-order valence-corrected chi connectivity index (χ0v) is 19.8. The maximum absolute atomic E-state index is 12.8. The van der Waals surface area contributed by atoms with Crippen LogP contribution in [0.15, 0.2) is 66.0 Å². The Morgan fingerprint density at radius 1 is 1.14 bits per heavy atom. The van der Waals surface area contributed by atoms with Crippen LogP contribution in [0, 0.1) is 0 Å². The molecule has 180 valence electrons. The highest BCUT2D eigenvalue weighted by Crippen LogP contribution is 2.30. The van der Waals surface area contributed by atoms with E-state index in [0.29, 0.717) is 33.5 Å². The van der Waals surface area contributed by atoms with Crippen molar-refractivity contribution in [3.8, 4) is 5.75 Å². The fourth-order valence-corrected chi connectivity index (χ4v) is 3.85. The smallest absolute Gasteiger partial charge is 0.272 e. The molecule has 0 saturated carbocycles. The Kier molecular flexibility index (Phi) is 8.03. The largest absolute Gasteiger partial charge is 0.482 e. The predicted octanol–water partition coefficient (Wildman–Crippen LogP) is 3.47. The van der Waals surface area contributed by atoms with E-state index in [0.717, 1.165) is 10.3 Å². The van der Waals surface area contributed by atoms with Gasteiger partial charge in [-0.25, -0.2) is 4.98 Å². The molecule has 2 aromatic heterocycles. The van der Waals surface area contributed by atoms with Crippen LogP contribution in [0.25, 0.3) is 10.9 Å². The van der Waals surface area contributed by atoms with Crippen molar-refractivity contribution in [1.29, 1.82) is 0 Å². The van der Waals surface area contributed by atoms with Crippen LogP contribution in [0.3, 0.4) is 0 Å². The average Bonchev–Trinajstić information content (AvgIpc) is 3.29. The molecule has 0 bridgehead atoms. The van der Waals surface area contributed by atoms with Crippen LogP contribution in [-0.4, -0.2) is 51.6 Å². The molecule has 5 N–H and O–H groups in total. The number of amides is 2. The normalized spacial score (nSPS) is 10.7. The number of ether oxygens (including phenoxy) is 1. The topological polar surface area (TPSA) is 141 Å². The van der Waals surface area contributed by atoms with Crippen molar-refractivity contribution < 1.29 is 19.4 Å². The average molecular weight is 513 g/mol. The van der Waals surface area contributed by atoms with Crippen LogP contribution in [0.4, 0.5) is 11.5 Å². The minimum atomic E-state index is -0.379. The molecule has 0 aliphatic heterocycles. The SMILES string of the molecule is O=C(COc1cc2[nH]c(C(=O)Nc3ccc(SNc4cnccn4)cc3)cc2cc1Cl)NCCO. The van der Waals surface area contributed by atoms with Gasteiger partial charge in [-0.1, -0.05) is 11.6 Å². The summed E-state index contributed by atoms with van der Waals surface area (Å²) in [7, 11) is 0. The minimum absolute atomic E-state index is 0.144. The number of nitrogens with one attached hydrogen (secondary N) is 4. The number of halogens is 1. The number of carbonyl (C=O) groups excluding carboxylic acids is 2. The first-order chi connectivity index (χ1) is 17.0. The Hall–Kier alpha value is -3.80. The van der Waals surface area contributed by atoms with Crippen LogP contribution >= 0.6 is 23.5 Å². The predicted molar refractivity (Wildman–Crippen MR) is 135 cm³/mol.